The molecule has 2 aromatic rings. The van der Waals surface area contributed by atoms with Crippen molar-refractivity contribution < 1.29 is 13.9 Å². The Morgan fingerprint density at radius 1 is 1.35 bits per heavy atom. The molecule has 0 aliphatic carbocycles. The highest BCUT2D eigenvalue weighted by Crippen LogP contribution is 2.27. The third-order valence-electron chi connectivity index (χ3n) is 3.12. The second-order valence-corrected chi connectivity index (χ2v) is 4.83. The van der Waals surface area contributed by atoms with Crippen LogP contribution in [0.5, 0.6) is 0 Å². The summed E-state index contributed by atoms with van der Waals surface area (Å²) < 4.78 is 10.2. The van der Waals surface area contributed by atoms with Crippen LogP contribution in [0.4, 0.5) is 0 Å². The van der Waals surface area contributed by atoms with Crippen LogP contribution < -0.4 is 5.32 Å². The van der Waals surface area contributed by atoms with E-state index in [0.29, 0.717) is 10.8 Å². The lowest BCUT2D eigenvalue weighted by Crippen LogP contribution is -2.17. The number of benzene rings is 1. The molecule has 0 aliphatic rings. The Bertz CT molecular complexity index is 621. The number of halogens is 1. The summed E-state index contributed by atoms with van der Waals surface area (Å²) in [5, 5.41) is 3.84. The van der Waals surface area contributed by atoms with Crippen LogP contribution in [0.1, 0.15) is 33.5 Å². The molecule has 106 valence electrons. The molecular formula is C15H16ClNO3. The van der Waals surface area contributed by atoms with Crippen molar-refractivity contribution in [2.75, 3.05) is 14.2 Å². The molecule has 20 heavy (non-hydrogen) atoms. The molecule has 1 atom stereocenters. The molecule has 0 radical (unpaired) electrons. The molecule has 0 bridgehead atoms. The van der Waals surface area contributed by atoms with E-state index in [2.05, 4.69) is 10.1 Å². The van der Waals surface area contributed by atoms with Crippen LogP contribution in [0.3, 0.4) is 0 Å². The van der Waals surface area contributed by atoms with Crippen molar-refractivity contribution in [1.82, 2.24) is 5.32 Å². The predicted octanol–water partition coefficient (Wildman–Crippen LogP) is 3.34. The van der Waals surface area contributed by atoms with Gasteiger partial charge < -0.3 is 14.5 Å². The molecule has 0 saturated carbocycles. The van der Waals surface area contributed by atoms with Crippen LogP contribution in [-0.4, -0.2) is 20.1 Å². The van der Waals surface area contributed by atoms with Crippen LogP contribution in [0, 0.1) is 6.92 Å². The van der Waals surface area contributed by atoms with Gasteiger partial charge in [-0.15, -0.1) is 0 Å². The zero-order chi connectivity index (χ0) is 14.7. The Morgan fingerprint density at radius 3 is 2.70 bits per heavy atom. The summed E-state index contributed by atoms with van der Waals surface area (Å²) >= 11 is 6.15. The summed E-state index contributed by atoms with van der Waals surface area (Å²) in [5.74, 6) is 0.321. The second-order valence-electron chi connectivity index (χ2n) is 4.42. The number of aryl methyl sites for hydroxylation is 1. The highest BCUT2D eigenvalue weighted by Gasteiger charge is 2.19. The summed E-state index contributed by atoms with van der Waals surface area (Å²) in [6.45, 7) is 1.95. The summed E-state index contributed by atoms with van der Waals surface area (Å²) in [6.07, 6.45) is 0. The topological polar surface area (TPSA) is 51.5 Å². The molecule has 1 heterocycles. The number of esters is 1. The number of hydrogen-bond donors (Lipinski definition) is 1. The minimum atomic E-state index is -0.493. The van der Waals surface area contributed by atoms with E-state index in [1.807, 2.05) is 32.2 Å². The average molecular weight is 294 g/mol. The lowest BCUT2D eigenvalue weighted by atomic mass is 10.0. The Hall–Kier alpha value is -1.78. The van der Waals surface area contributed by atoms with E-state index < -0.39 is 5.97 Å². The molecule has 1 N–H and O–H groups in total. The fourth-order valence-corrected chi connectivity index (χ4v) is 2.17. The van der Waals surface area contributed by atoms with E-state index in [1.54, 1.807) is 12.1 Å². The van der Waals surface area contributed by atoms with Gasteiger partial charge in [-0.25, -0.2) is 4.79 Å². The number of ether oxygens (including phenoxy) is 1. The van der Waals surface area contributed by atoms with Gasteiger partial charge in [-0.05, 0) is 43.3 Å². The quantitative estimate of drug-likeness (QED) is 0.879. The van der Waals surface area contributed by atoms with Gasteiger partial charge >= 0.3 is 5.97 Å². The van der Waals surface area contributed by atoms with E-state index in [-0.39, 0.29) is 11.8 Å². The Morgan fingerprint density at radius 2 is 2.10 bits per heavy atom. The molecule has 0 fully saturated rings. The van der Waals surface area contributed by atoms with Crippen LogP contribution in [0.25, 0.3) is 0 Å². The molecule has 1 aromatic heterocycles. The van der Waals surface area contributed by atoms with Gasteiger partial charge in [0.15, 0.2) is 0 Å². The summed E-state index contributed by atoms with van der Waals surface area (Å²) in [6, 6.07) is 8.99. The first kappa shape index (κ1) is 14.6. The van der Waals surface area contributed by atoms with Crippen molar-refractivity contribution in [3.05, 3.63) is 58.0 Å². The summed E-state index contributed by atoms with van der Waals surface area (Å²) in [5.41, 5.74) is 1.98. The standard InChI is InChI=1S/C15H16ClNO3/c1-9-4-5-10(8-11(9)16)14(17-2)12-6-7-13(20-12)15(18)19-3/h4-8,14,17H,1-3H3. The fraction of sp³-hybridized carbons (Fsp3) is 0.267. The molecule has 0 saturated heterocycles. The highest BCUT2D eigenvalue weighted by atomic mass is 35.5. The molecule has 5 heteroatoms. The number of nitrogens with one attached hydrogen (secondary N) is 1. The number of hydrogen-bond acceptors (Lipinski definition) is 4. The van der Waals surface area contributed by atoms with Crippen LogP contribution >= 0.6 is 11.6 Å². The SMILES string of the molecule is CNC(c1ccc(C)c(Cl)c1)c1ccc(C(=O)OC)o1. The zero-order valence-corrected chi connectivity index (χ0v) is 12.3. The Kier molecular flexibility index (Phi) is 4.47. The number of furan rings is 1. The van der Waals surface area contributed by atoms with Gasteiger partial charge in [0.2, 0.25) is 5.76 Å². The molecule has 0 aliphatic heterocycles. The lowest BCUT2D eigenvalue weighted by Gasteiger charge is -2.15. The number of methoxy groups -OCH3 is 1. The molecule has 2 rings (SSSR count). The Balaban J connectivity index is 2.34. The van der Waals surface area contributed by atoms with Crippen molar-refractivity contribution in [2.45, 2.75) is 13.0 Å². The number of carbonyl (C=O) groups is 1. The van der Waals surface area contributed by atoms with E-state index in [1.165, 1.54) is 7.11 Å². The molecular weight excluding hydrogens is 278 g/mol. The smallest absolute Gasteiger partial charge is 0.373 e. The minimum Gasteiger partial charge on any atom is -0.463 e. The minimum absolute atomic E-state index is 0.175. The molecule has 4 nitrogen and oxygen atoms in total. The first-order valence-electron chi connectivity index (χ1n) is 6.18. The van der Waals surface area contributed by atoms with Crippen LogP contribution in [0.15, 0.2) is 34.7 Å². The van der Waals surface area contributed by atoms with Crippen molar-refractivity contribution in [1.29, 1.82) is 0 Å². The van der Waals surface area contributed by atoms with Gasteiger partial charge in [-0.3, -0.25) is 0 Å². The molecule has 1 unspecified atom stereocenters. The van der Waals surface area contributed by atoms with Crippen LogP contribution in [-0.2, 0) is 4.74 Å². The average Bonchev–Trinajstić information content (AvgIpc) is 2.92. The van der Waals surface area contributed by atoms with Crippen molar-refractivity contribution in [2.24, 2.45) is 0 Å². The fourth-order valence-electron chi connectivity index (χ4n) is 1.98. The summed E-state index contributed by atoms with van der Waals surface area (Å²) in [7, 11) is 3.14. The highest BCUT2D eigenvalue weighted by molar-refractivity contribution is 6.31. The van der Waals surface area contributed by atoms with Crippen molar-refractivity contribution in [3.8, 4) is 0 Å². The number of rotatable bonds is 4. The van der Waals surface area contributed by atoms with Gasteiger partial charge in [-0.1, -0.05) is 23.7 Å². The van der Waals surface area contributed by atoms with E-state index in [9.17, 15) is 4.79 Å². The normalized spacial score (nSPS) is 12.2. The summed E-state index contributed by atoms with van der Waals surface area (Å²) in [4.78, 5) is 11.4. The van der Waals surface area contributed by atoms with Crippen LogP contribution in [0.2, 0.25) is 5.02 Å². The lowest BCUT2D eigenvalue weighted by molar-refractivity contribution is 0.0562. The second kappa shape index (κ2) is 6.11. The van der Waals surface area contributed by atoms with E-state index in [4.69, 9.17) is 16.0 Å². The Labute approximate surface area is 122 Å². The van der Waals surface area contributed by atoms with Crippen molar-refractivity contribution in [3.63, 3.8) is 0 Å². The maximum Gasteiger partial charge on any atom is 0.373 e. The third kappa shape index (κ3) is 2.86. The number of carbonyl (C=O) groups excluding carboxylic acids is 1. The maximum atomic E-state index is 11.4. The molecule has 1 aromatic carbocycles. The molecule has 0 spiro atoms. The maximum absolute atomic E-state index is 11.4. The van der Waals surface area contributed by atoms with Gasteiger partial charge in [0.05, 0.1) is 13.2 Å². The van der Waals surface area contributed by atoms with E-state index in [0.717, 1.165) is 11.1 Å². The predicted molar refractivity (Wildman–Crippen MR) is 77.1 cm³/mol. The van der Waals surface area contributed by atoms with E-state index >= 15 is 0 Å². The van der Waals surface area contributed by atoms with Gasteiger partial charge in [0.1, 0.15) is 5.76 Å². The van der Waals surface area contributed by atoms with Gasteiger partial charge in [0, 0.05) is 5.02 Å². The van der Waals surface area contributed by atoms with Gasteiger partial charge in [-0.2, -0.15) is 0 Å². The van der Waals surface area contributed by atoms with Crippen molar-refractivity contribution >= 4 is 17.6 Å². The zero-order valence-electron chi connectivity index (χ0n) is 11.6. The molecule has 0 amide bonds. The monoisotopic (exact) mass is 293 g/mol. The first-order chi connectivity index (χ1) is 9.56. The first-order valence-corrected chi connectivity index (χ1v) is 6.56. The largest absolute Gasteiger partial charge is 0.463 e. The third-order valence-corrected chi connectivity index (χ3v) is 3.52. The van der Waals surface area contributed by atoms with Gasteiger partial charge in [0.25, 0.3) is 0 Å².